The fraction of sp³-hybridized carbons (Fsp3) is 0.667. The van der Waals surface area contributed by atoms with E-state index in [0.717, 1.165) is 24.5 Å². The van der Waals surface area contributed by atoms with Crippen LogP contribution in [0.2, 0.25) is 0 Å². The molecule has 2 aliphatic rings. The van der Waals surface area contributed by atoms with E-state index >= 15 is 0 Å². The second-order valence-corrected chi connectivity index (χ2v) is 7.48. The third-order valence-corrected chi connectivity index (χ3v) is 6.02. The highest BCUT2D eigenvalue weighted by Crippen LogP contribution is 2.55. The molecule has 1 nitrogen and oxygen atoms in total. The van der Waals surface area contributed by atoms with Crippen molar-refractivity contribution in [1.29, 1.82) is 0 Å². The number of halogens is 7. The van der Waals surface area contributed by atoms with Crippen molar-refractivity contribution in [2.24, 2.45) is 17.6 Å². The lowest BCUT2D eigenvalue weighted by Crippen LogP contribution is -2.50. The number of aryl methyl sites for hydroxylation is 1. The quantitative estimate of drug-likeness (QED) is 0.682. The van der Waals surface area contributed by atoms with E-state index in [9.17, 15) is 30.7 Å². The minimum atomic E-state index is -6.08. The normalized spacial score (nSPS) is 27.8. The van der Waals surface area contributed by atoms with E-state index < -0.39 is 23.6 Å². The predicted molar refractivity (Wildman–Crippen MR) is 82.3 cm³/mol. The van der Waals surface area contributed by atoms with Crippen molar-refractivity contribution in [1.82, 2.24) is 0 Å². The molecule has 8 heteroatoms. The Balaban J connectivity index is 2.01. The molecule has 2 aliphatic carbocycles. The first-order valence-electron chi connectivity index (χ1n) is 8.59. The van der Waals surface area contributed by atoms with Gasteiger partial charge in [-0.3, -0.25) is 0 Å². The molecule has 0 spiro atoms. The van der Waals surface area contributed by atoms with Crippen molar-refractivity contribution in [2.75, 3.05) is 0 Å². The van der Waals surface area contributed by atoms with E-state index in [-0.39, 0.29) is 17.9 Å². The Kier molecular flexibility index (Phi) is 4.57. The van der Waals surface area contributed by atoms with E-state index in [4.69, 9.17) is 5.73 Å². The van der Waals surface area contributed by atoms with Crippen molar-refractivity contribution < 1.29 is 30.7 Å². The van der Waals surface area contributed by atoms with Gasteiger partial charge in [0.1, 0.15) is 0 Å². The lowest BCUT2D eigenvalue weighted by atomic mass is 9.72. The molecular weight excluding hydrogens is 363 g/mol. The molecule has 146 valence electrons. The van der Waals surface area contributed by atoms with E-state index in [1.54, 1.807) is 0 Å². The summed E-state index contributed by atoms with van der Waals surface area (Å²) in [6, 6.07) is 2.63. The summed E-state index contributed by atoms with van der Waals surface area (Å²) in [6.07, 6.45) is -9.51. The lowest BCUT2D eigenvalue weighted by molar-refractivity contribution is -0.348. The third-order valence-electron chi connectivity index (χ3n) is 6.02. The van der Waals surface area contributed by atoms with E-state index in [2.05, 4.69) is 0 Å². The zero-order valence-corrected chi connectivity index (χ0v) is 14.1. The standard InChI is InChI=1S/C18H20F7N/c1-9(26)12-6-7-15-13-5-3-11(8-10(13)2-4-14(12)15)16(19,17(20,21)22)18(23,24)25/h3,5,8-9,12,14-15H,2,4,6-7,26H2,1H3/t9?,12-,14-,15-/m0/s1. The van der Waals surface area contributed by atoms with Gasteiger partial charge in [0.2, 0.25) is 0 Å². The summed E-state index contributed by atoms with van der Waals surface area (Å²) in [5.74, 6) is 0.627. The summed E-state index contributed by atoms with van der Waals surface area (Å²) in [5, 5.41) is 0. The van der Waals surface area contributed by atoms with Crippen molar-refractivity contribution in [3.63, 3.8) is 0 Å². The van der Waals surface area contributed by atoms with Crippen LogP contribution < -0.4 is 5.73 Å². The molecule has 4 atom stereocenters. The molecule has 1 aromatic rings. The fourth-order valence-corrected chi connectivity index (χ4v) is 4.76. The summed E-state index contributed by atoms with van der Waals surface area (Å²) in [4.78, 5) is 0. The molecule has 0 amide bonds. The average Bonchev–Trinajstić information content (AvgIpc) is 2.95. The molecule has 1 unspecified atom stereocenters. The number of hydrogen-bond acceptors (Lipinski definition) is 1. The molecule has 1 fully saturated rings. The van der Waals surface area contributed by atoms with Crippen molar-refractivity contribution in [2.45, 2.75) is 62.6 Å². The topological polar surface area (TPSA) is 26.0 Å². The molecule has 1 saturated carbocycles. The highest BCUT2D eigenvalue weighted by atomic mass is 19.4. The first-order chi connectivity index (χ1) is 11.9. The van der Waals surface area contributed by atoms with Gasteiger partial charge in [0, 0.05) is 11.6 Å². The van der Waals surface area contributed by atoms with Crippen LogP contribution in [0, 0.1) is 11.8 Å². The minimum Gasteiger partial charge on any atom is -0.328 e. The highest BCUT2D eigenvalue weighted by molar-refractivity contribution is 5.41. The number of hydrogen-bond donors (Lipinski definition) is 1. The molecular formula is C18H20F7N. The summed E-state index contributed by atoms with van der Waals surface area (Å²) >= 11 is 0. The molecule has 1 aromatic carbocycles. The van der Waals surface area contributed by atoms with Gasteiger partial charge >= 0.3 is 18.0 Å². The molecule has 3 rings (SSSR count). The Labute approximate surface area is 146 Å². The largest absolute Gasteiger partial charge is 0.435 e. The zero-order valence-electron chi connectivity index (χ0n) is 14.1. The van der Waals surface area contributed by atoms with Crippen LogP contribution >= 0.6 is 0 Å². The Morgan fingerprint density at radius 1 is 0.962 bits per heavy atom. The Morgan fingerprint density at radius 2 is 1.58 bits per heavy atom. The smallest absolute Gasteiger partial charge is 0.328 e. The van der Waals surface area contributed by atoms with Crippen LogP contribution in [0.15, 0.2) is 18.2 Å². The molecule has 0 heterocycles. The second-order valence-electron chi connectivity index (χ2n) is 7.48. The Bertz CT molecular complexity index is 663. The van der Waals surface area contributed by atoms with Crippen molar-refractivity contribution in [3.05, 3.63) is 34.9 Å². The van der Waals surface area contributed by atoms with Gasteiger partial charge in [0.25, 0.3) is 0 Å². The zero-order chi connectivity index (χ0) is 19.5. The first-order valence-corrected chi connectivity index (χ1v) is 8.59. The first kappa shape index (κ1) is 19.5. The van der Waals surface area contributed by atoms with Gasteiger partial charge in [-0.2, -0.15) is 26.3 Å². The molecule has 0 saturated heterocycles. The van der Waals surface area contributed by atoms with E-state index in [1.165, 1.54) is 6.07 Å². The molecule has 2 N–H and O–H groups in total. The SMILES string of the molecule is CC(N)[C@@H]1CC[C@H]2c3ccc(C(F)(C(F)(F)F)C(F)(F)F)cc3CC[C@H]21. The maximum absolute atomic E-state index is 14.3. The minimum absolute atomic E-state index is 0.0141. The fourth-order valence-electron chi connectivity index (χ4n) is 4.76. The van der Waals surface area contributed by atoms with Crippen LogP contribution in [-0.2, 0) is 12.1 Å². The van der Waals surface area contributed by atoms with Gasteiger partial charge in [-0.15, -0.1) is 0 Å². The number of fused-ring (bicyclic) bond motifs is 3. The molecule has 0 aromatic heterocycles. The van der Waals surface area contributed by atoms with Crippen molar-refractivity contribution >= 4 is 0 Å². The van der Waals surface area contributed by atoms with Crippen LogP contribution in [0.1, 0.15) is 48.8 Å². The Morgan fingerprint density at radius 3 is 2.12 bits per heavy atom. The monoisotopic (exact) mass is 383 g/mol. The van der Waals surface area contributed by atoms with Gasteiger partial charge in [-0.05, 0) is 61.5 Å². The maximum Gasteiger partial charge on any atom is 0.435 e. The highest BCUT2D eigenvalue weighted by Gasteiger charge is 2.73. The molecule has 0 bridgehead atoms. The number of nitrogens with two attached hydrogens (primary N) is 1. The number of alkyl halides is 7. The van der Waals surface area contributed by atoms with Gasteiger partial charge in [0.15, 0.2) is 0 Å². The lowest BCUT2D eigenvalue weighted by Gasteiger charge is -2.35. The average molecular weight is 383 g/mol. The van der Waals surface area contributed by atoms with E-state index in [0.29, 0.717) is 30.4 Å². The predicted octanol–water partition coefficient (Wildman–Crippen LogP) is 5.38. The number of benzene rings is 1. The summed E-state index contributed by atoms with van der Waals surface area (Å²) in [7, 11) is 0. The Hall–Kier alpha value is -1.31. The van der Waals surface area contributed by atoms with Gasteiger partial charge < -0.3 is 5.73 Å². The van der Waals surface area contributed by atoms with Crippen LogP contribution in [0.5, 0.6) is 0 Å². The van der Waals surface area contributed by atoms with Gasteiger partial charge in [-0.1, -0.05) is 18.2 Å². The molecule has 0 aliphatic heterocycles. The molecule has 0 radical (unpaired) electrons. The van der Waals surface area contributed by atoms with Crippen LogP contribution in [0.4, 0.5) is 30.7 Å². The molecule has 26 heavy (non-hydrogen) atoms. The summed E-state index contributed by atoms with van der Waals surface area (Å²) in [6.45, 7) is 1.91. The van der Waals surface area contributed by atoms with Crippen LogP contribution in [0.3, 0.4) is 0 Å². The summed E-state index contributed by atoms with van der Waals surface area (Å²) < 4.78 is 92.1. The van der Waals surface area contributed by atoms with Crippen molar-refractivity contribution in [3.8, 4) is 0 Å². The van der Waals surface area contributed by atoms with Gasteiger partial charge in [0.05, 0.1) is 0 Å². The summed E-state index contributed by atoms with van der Waals surface area (Å²) in [5.41, 5.74) is 0.360. The maximum atomic E-state index is 14.3. The van der Waals surface area contributed by atoms with Crippen LogP contribution in [-0.4, -0.2) is 18.4 Å². The number of rotatable bonds is 2. The van der Waals surface area contributed by atoms with Crippen LogP contribution in [0.25, 0.3) is 0 Å². The van der Waals surface area contributed by atoms with Gasteiger partial charge in [-0.25, -0.2) is 4.39 Å². The van der Waals surface area contributed by atoms with E-state index in [1.807, 2.05) is 6.92 Å². The second kappa shape index (κ2) is 6.11. The third kappa shape index (κ3) is 2.80.